The largest absolute Gasteiger partial charge is 0.493 e. The van der Waals surface area contributed by atoms with Gasteiger partial charge in [0, 0.05) is 6.54 Å². The number of methoxy groups -OCH3 is 2. The molecule has 3 aromatic rings. The highest BCUT2D eigenvalue weighted by atomic mass is 19.1. The van der Waals surface area contributed by atoms with E-state index in [0.29, 0.717) is 28.6 Å². The van der Waals surface area contributed by atoms with Crippen molar-refractivity contribution in [1.82, 2.24) is 15.1 Å². The molecule has 0 saturated carbocycles. The SMILES string of the molecule is COc1ccc(CNC(=O)COC(=O)c2c(C)nn(-c3ccc(F)cc3)c2C)cc1OC. The Kier molecular flexibility index (Phi) is 7.09. The van der Waals surface area contributed by atoms with E-state index < -0.39 is 18.5 Å². The van der Waals surface area contributed by atoms with E-state index in [1.54, 1.807) is 51.3 Å². The first-order valence-corrected chi connectivity index (χ1v) is 9.81. The minimum absolute atomic E-state index is 0.233. The Labute approximate surface area is 184 Å². The number of rotatable bonds is 8. The van der Waals surface area contributed by atoms with Crippen LogP contribution in [0.4, 0.5) is 4.39 Å². The minimum atomic E-state index is -0.658. The Morgan fingerprint density at radius 2 is 1.72 bits per heavy atom. The molecule has 0 fully saturated rings. The van der Waals surface area contributed by atoms with Crippen molar-refractivity contribution in [3.8, 4) is 17.2 Å². The van der Waals surface area contributed by atoms with E-state index >= 15 is 0 Å². The van der Waals surface area contributed by atoms with Gasteiger partial charge in [0.25, 0.3) is 5.91 Å². The van der Waals surface area contributed by atoms with Crippen molar-refractivity contribution in [3.63, 3.8) is 0 Å². The number of carbonyl (C=O) groups excluding carboxylic acids is 2. The van der Waals surface area contributed by atoms with Crippen LogP contribution in [0.15, 0.2) is 42.5 Å². The van der Waals surface area contributed by atoms with Crippen LogP contribution in [-0.4, -0.2) is 42.5 Å². The van der Waals surface area contributed by atoms with Crippen molar-refractivity contribution >= 4 is 11.9 Å². The van der Waals surface area contributed by atoms with Gasteiger partial charge in [0.1, 0.15) is 11.4 Å². The summed E-state index contributed by atoms with van der Waals surface area (Å²) in [4.78, 5) is 24.7. The molecule has 1 heterocycles. The maximum absolute atomic E-state index is 13.2. The lowest BCUT2D eigenvalue weighted by Crippen LogP contribution is -2.28. The minimum Gasteiger partial charge on any atom is -0.493 e. The highest BCUT2D eigenvalue weighted by molar-refractivity contribution is 5.93. The van der Waals surface area contributed by atoms with E-state index in [-0.39, 0.29) is 17.9 Å². The topological polar surface area (TPSA) is 91.7 Å². The molecule has 1 amide bonds. The molecule has 3 rings (SSSR count). The number of ether oxygens (including phenoxy) is 3. The van der Waals surface area contributed by atoms with Gasteiger partial charge in [0.2, 0.25) is 0 Å². The summed E-state index contributed by atoms with van der Waals surface area (Å²) in [6, 6.07) is 11.0. The highest BCUT2D eigenvalue weighted by Gasteiger charge is 2.21. The first-order valence-electron chi connectivity index (χ1n) is 9.81. The van der Waals surface area contributed by atoms with Crippen molar-refractivity contribution in [2.24, 2.45) is 0 Å². The predicted molar refractivity (Wildman–Crippen MR) is 115 cm³/mol. The number of nitrogens with zero attached hydrogens (tertiary/aromatic N) is 2. The molecule has 1 N–H and O–H groups in total. The van der Waals surface area contributed by atoms with Gasteiger partial charge in [0.15, 0.2) is 18.1 Å². The van der Waals surface area contributed by atoms with Gasteiger partial charge in [-0.05, 0) is 55.8 Å². The third-order valence-electron chi connectivity index (χ3n) is 4.84. The Balaban J connectivity index is 1.60. The summed E-state index contributed by atoms with van der Waals surface area (Å²) in [5.74, 6) is -0.337. The zero-order valence-corrected chi connectivity index (χ0v) is 18.3. The van der Waals surface area contributed by atoms with Gasteiger partial charge >= 0.3 is 5.97 Å². The summed E-state index contributed by atoms with van der Waals surface area (Å²) in [5.41, 5.74) is 2.66. The van der Waals surface area contributed by atoms with Crippen LogP contribution in [0, 0.1) is 19.7 Å². The molecule has 32 heavy (non-hydrogen) atoms. The van der Waals surface area contributed by atoms with Crippen LogP contribution in [-0.2, 0) is 16.1 Å². The predicted octanol–water partition coefficient (Wildman–Crippen LogP) is 3.12. The molecule has 168 valence electrons. The fourth-order valence-electron chi connectivity index (χ4n) is 3.22. The Bertz CT molecular complexity index is 1130. The van der Waals surface area contributed by atoms with Crippen LogP contribution >= 0.6 is 0 Å². The number of aryl methyl sites for hydroxylation is 1. The van der Waals surface area contributed by atoms with Crippen LogP contribution in [0.3, 0.4) is 0 Å². The smallest absolute Gasteiger partial charge is 0.342 e. The number of halogens is 1. The number of hydrogen-bond donors (Lipinski definition) is 1. The normalized spacial score (nSPS) is 10.5. The standard InChI is InChI=1S/C23H24FN3O5/c1-14-22(15(2)27(26-14)18-8-6-17(24)7-9-18)23(29)32-13-21(28)25-12-16-5-10-19(30-3)20(11-16)31-4/h5-11H,12-13H2,1-4H3,(H,25,28). The molecule has 0 aliphatic heterocycles. The second kappa shape index (κ2) is 9.95. The molecule has 8 nitrogen and oxygen atoms in total. The summed E-state index contributed by atoms with van der Waals surface area (Å²) in [6.45, 7) is 3.17. The molecule has 0 aliphatic rings. The van der Waals surface area contributed by atoms with E-state index in [1.165, 1.54) is 23.9 Å². The Hall–Kier alpha value is -3.88. The van der Waals surface area contributed by atoms with Crippen molar-refractivity contribution in [2.45, 2.75) is 20.4 Å². The van der Waals surface area contributed by atoms with Crippen LogP contribution < -0.4 is 14.8 Å². The first kappa shape index (κ1) is 22.8. The van der Waals surface area contributed by atoms with Gasteiger partial charge in [-0.2, -0.15) is 5.10 Å². The Morgan fingerprint density at radius 1 is 1.03 bits per heavy atom. The van der Waals surface area contributed by atoms with E-state index in [9.17, 15) is 14.0 Å². The molecular formula is C23H24FN3O5. The van der Waals surface area contributed by atoms with E-state index in [1.807, 2.05) is 0 Å². The molecule has 2 aromatic carbocycles. The second-order valence-electron chi connectivity index (χ2n) is 6.98. The van der Waals surface area contributed by atoms with Gasteiger partial charge in [-0.1, -0.05) is 6.07 Å². The third-order valence-corrected chi connectivity index (χ3v) is 4.84. The van der Waals surface area contributed by atoms with Crippen LogP contribution in [0.1, 0.15) is 27.3 Å². The van der Waals surface area contributed by atoms with Gasteiger partial charge in [-0.15, -0.1) is 0 Å². The fourth-order valence-corrected chi connectivity index (χ4v) is 3.22. The molecule has 0 unspecified atom stereocenters. The van der Waals surface area contributed by atoms with Crippen molar-refractivity contribution in [1.29, 1.82) is 0 Å². The molecule has 0 saturated heterocycles. The molecular weight excluding hydrogens is 417 g/mol. The van der Waals surface area contributed by atoms with Gasteiger partial charge < -0.3 is 19.5 Å². The van der Waals surface area contributed by atoms with Crippen molar-refractivity contribution < 1.29 is 28.2 Å². The second-order valence-corrected chi connectivity index (χ2v) is 6.98. The Morgan fingerprint density at radius 3 is 2.38 bits per heavy atom. The van der Waals surface area contributed by atoms with E-state index in [4.69, 9.17) is 14.2 Å². The number of nitrogens with one attached hydrogen (secondary N) is 1. The summed E-state index contributed by atoms with van der Waals surface area (Å²) in [7, 11) is 3.07. The quantitative estimate of drug-likeness (QED) is 0.540. The van der Waals surface area contributed by atoms with Gasteiger partial charge in [-0.3, -0.25) is 4.79 Å². The lowest BCUT2D eigenvalue weighted by Gasteiger charge is -2.10. The van der Waals surface area contributed by atoms with Gasteiger partial charge in [0.05, 0.1) is 31.3 Å². The maximum Gasteiger partial charge on any atom is 0.342 e. The number of hydrogen-bond acceptors (Lipinski definition) is 6. The molecule has 0 atom stereocenters. The summed E-state index contributed by atoms with van der Waals surface area (Å²) >= 11 is 0. The average Bonchev–Trinajstić information content (AvgIpc) is 3.10. The summed E-state index contributed by atoms with van der Waals surface area (Å²) in [6.07, 6.45) is 0. The maximum atomic E-state index is 13.2. The van der Waals surface area contributed by atoms with E-state index in [0.717, 1.165) is 5.56 Å². The number of aromatic nitrogens is 2. The lowest BCUT2D eigenvalue weighted by atomic mass is 10.2. The summed E-state index contributed by atoms with van der Waals surface area (Å²) < 4.78 is 30.3. The molecule has 0 spiro atoms. The number of benzene rings is 2. The molecule has 0 aliphatic carbocycles. The van der Waals surface area contributed by atoms with Crippen LogP contribution in [0.2, 0.25) is 0 Å². The third kappa shape index (κ3) is 5.05. The fraction of sp³-hybridized carbons (Fsp3) is 0.261. The molecule has 0 radical (unpaired) electrons. The molecule has 9 heteroatoms. The highest BCUT2D eigenvalue weighted by Crippen LogP contribution is 2.27. The van der Waals surface area contributed by atoms with Gasteiger partial charge in [-0.25, -0.2) is 13.9 Å². The zero-order valence-electron chi connectivity index (χ0n) is 18.3. The summed E-state index contributed by atoms with van der Waals surface area (Å²) in [5, 5.41) is 7.03. The molecule has 1 aromatic heterocycles. The first-order chi connectivity index (χ1) is 15.3. The van der Waals surface area contributed by atoms with E-state index in [2.05, 4.69) is 10.4 Å². The van der Waals surface area contributed by atoms with Crippen LogP contribution in [0.5, 0.6) is 11.5 Å². The van der Waals surface area contributed by atoms with Crippen molar-refractivity contribution in [3.05, 3.63) is 70.8 Å². The number of amides is 1. The lowest BCUT2D eigenvalue weighted by molar-refractivity contribution is -0.124. The average molecular weight is 441 g/mol. The van der Waals surface area contributed by atoms with Crippen molar-refractivity contribution in [2.75, 3.05) is 20.8 Å². The molecule has 0 bridgehead atoms. The number of esters is 1. The monoisotopic (exact) mass is 441 g/mol. The zero-order chi connectivity index (χ0) is 23.3. The number of carbonyl (C=O) groups is 2. The van der Waals surface area contributed by atoms with Crippen LogP contribution in [0.25, 0.3) is 5.69 Å².